The molecule has 0 aliphatic carbocycles. The molecule has 1 aromatic heterocycles. The van der Waals surface area contributed by atoms with E-state index in [1.165, 1.54) is 128 Å². The molecule has 0 saturated heterocycles. The molecule has 0 fully saturated rings. The molecule has 1 heterocycles. The lowest BCUT2D eigenvalue weighted by atomic mass is 10.0. The first-order chi connectivity index (χ1) is 21.6. The number of rotatable bonds is 29. The summed E-state index contributed by atoms with van der Waals surface area (Å²) in [6.07, 6.45) is 30.8. The fourth-order valence-electron chi connectivity index (χ4n) is 6.50. The van der Waals surface area contributed by atoms with Crippen molar-refractivity contribution in [1.29, 1.82) is 0 Å². The number of nitrogens with zero attached hydrogens (tertiary/aromatic N) is 1. The number of hydrogen-bond donors (Lipinski definition) is 1. The summed E-state index contributed by atoms with van der Waals surface area (Å²) in [5, 5.41) is 10.3. The van der Waals surface area contributed by atoms with E-state index < -0.39 is 6.16 Å². The number of benzene rings is 1. The van der Waals surface area contributed by atoms with Crippen molar-refractivity contribution < 1.29 is 19.4 Å². The number of ketones is 1. The lowest BCUT2D eigenvalue weighted by Crippen LogP contribution is -2.12. The minimum Gasteiger partial charge on any atom is -0.449 e. The predicted octanol–water partition coefficient (Wildman–Crippen LogP) is 13.1. The smallest absolute Gasteiger partial charge is 0.449 e. The molecule has 5 nitrogen and oxygen atoms in total. The molecule has 44 heavy (non-hydrogen) atoms. The summed E-state index contributed by atoms with van der Waals surface area (Å²) in [7, 11) is 0. The lowest BCUT2D eigenvalue weighted by Gasteiger charge is -2.11. The highest BCUT2D eigenvalue weighted by atomic mass is 16.7. The molecule has 5 heteroatoms. The topological polar surface area (TPSA) is 68.5 Å². The van der Waals surface area contributed by atoms with Crippen LogP contribution < -0.4 is 4.74 Å². The van der Waals surface area contributed by atoms with E-state index in [9.17, 15) is 14.7 Å². The molecule has 0 aliphatic rings. The number of fused-ring (bicyclic) bond motifs is 1. The third-order valence-electron chi connectivity index (χ3n) is 9.13. The van der Waals surface area contributed by atoms with E-state index in [1.807, 2.05) is 28.8 Å². The van der Waals surface area contributed by atoms with E-state index in [1.54, 1.807) is 0 Å². The zero-order valence-corrected chi connectivity index (χ0v) is 28.5. The molecule has 250 valence electrons. The van der Waals surface area contributed by atoms with Crippen molar-refractivity contribution in [3.8, 4) is 5.88 Å². The van der Waals surface area contributed by atoms with Crippen molar-refractivity contribution in [2.24, 2.45) is 0 Å². The molecular formula is C39H65NO4. The second-order valence-corrected chi connectivity index (χ2v) is 13.0. The molecule has 1 aromatic carbocycles. The maximum atomic E-state index is 13.5. The zero-order chi connectivity index (χ0) is 31.7. The van der Waals surface area contributed by atoms with Crippen molar-refractivity contribution in [3.05, 3.63) is 29.8 Å². The Hall–Kier alpha value is -2.30. The summed E-state index contributed by atoms with van der Waals surface area (Å²) in [6, 6.07) is 7.77. The number of Topliss-reactive ketones (excluding diaryl/α,β-unsaturated/α-hetero) is 1. The van der Waals surface area contributed by atoms with Gasteiger partial charge >= 0.3 is 6.16 Å². The maximum absolute atomic E-state index is 13.5. The molecule has 0 unspecified atom stereocenters. The number of carbonyl (C=O) groups is 2. The van der Waals surface area contributed by atoms with Crippen molar-refractivity contribution in [2.45, 2.75) is 187 Å². The van der Waals surface area contributed by atoms with Crippen LogP contribution in [0.5, 0.6) is 5.88 Å². The number of hydrogen-bond acceptors (Lipinski definition) is 3. The van der Waals surface area contributed by atoms with E-state index in [4.69, 9.17) is 4.74 Å². The molecule has 0 spiro atoms. The van der Waals surface area contributed by atoms with Gasteiger partial charge in [-0.1, -0.05) is 180 Å². The number of carbonyl (C=O) groups excluding carboxylic acids is 1. The molecule has 0 atom stereocenters. The predicted molar refractivity (Wildman–Crippen MR) is 186 cm³/mol. The highest BCUT2D eigenvalue weighted by Gasteiger charge is 2.25. The Bertz CT molecular complexity index is 1030. The van der Waals surface area contributed by atoms with Crippen molar-refractivity contribution >= 4 is 22.8 Å². The third-order valence-corrected chi connectivity index (χ3v) is 9.13. The average Bonchev–Trinajstić information content (AvgIpc) is 3.32. The quantitative estimate of drug-likeness (QED) is 0.0564. The van der Waals surface area contributed by atoms with Crippen LogP contribution >= 0.6 is 0 Å². The summed E-state index contributed by atoms with van der Waals surface area (Å²) < 4.78 is 7.24. The van der Waals surface area contributed by atoms with Crippen LogP contribution in [0.25, 0.3) is 10.9 Å². The molecule has 0 bridgehead atoms. The van der Waals surface area contributed by atoms with Gasteiger partial charge in [-0.3, -0.25) is 4.79 Å². The van der Waals surface area contributed by atoms with Crippen molar-refractivity contribution in [3.63, 3.8) is 0 Å². The first-order valence-electron chi connectivity index (χ1n) is 18.6. The van der Waals surface area contributed by atoms with E-state index in [-0.39, 0.29) is 11.7 Å². The van der Waals surface area contributed by atoms with Crippen LogP contribution in [0.2, 0.25) is 0 Å². The van der Waals surface area contributed by atoms with Gasteiger partial charge in [0.2, 0.25) is 5.88 Å². The summed E-state index contributed by atoms with van der Waals surface area (Å²) in [5.41, 5.74) is 1.33. The van der Waals surface area contributed by atoms with Crippen LogP contribution in [0.1, 0.15) is 191 Å². The van der Waals surface area contributed by atoms with Crippen LogP contribution in [0, 0.1) is 0 Å². The largest absolute Gasteiger partial charge is 0.512 e. The fraction of sp³-hybridized carbons (Fsp3) is 0.744. The van der Waals surface area contributed by atoms with Crippen molar-refractivity contribution in [1.82, 2.24) is 4.57 Å². The standard InChI is InChI=1S/C39H65NO4/c1-3-5-7-9-11-13-15-16-17-18-19-20-22-24-26-32-36(41)37-34-30-27-28-31-35(34)40(38(37)44-39(42)43)33-29-25-23-21-14-12-10-8-6-4-2/h27-28,30-31H,3-26,29,32-33H2,1-2H3,(H,42,43). The minimum absolute atomic E-state index is 0.00559. The second kappa shape index (κ2) is 25.0. The van der Waals surface area contributed by atoms with Gasteiger partial charge in [-0.25, -0.2) is 4.79 Å². The highest BCUT2D eigenvalue weighted by molar-refractivity contribution is 6.11. The Labute approximate surface area is 269 Å². The van der Waals surface area contributed by atoms with Gasteiger partial charge < -0.3 is 14.4 Å². The van der Waals surface area contributed by atoms with Gasteiger partial charge in [0.15, 0.2) is 5.78 Å². The molecule has 0 radical (unpaired) electrons. The molecule has 0 amide bonds. The molecule has 2 aromatic rings. The van der Waals surface area contributed by atoms with E-state index in [0.717, 1.165) is 43.0 Å². The highest BCUT2D eigenvalue weighted by Crippen LogP contribution is 2.34. The van der Waals surface area contributed by atoms with Gasteiger partial charge in [-0.05, 0) is 18.9 Å². The first-order valence-corrected chi connectivity index (χ1v) is 18.6. The summed E-state index contributed by atoms with van der Waals surface area (Å²) in [6.45, 7) is 5.18. The number of aryl methyl sites for hydroxylation is 1. The minimum atomic E-state index is -1.36. The maximum Gasteiger partial charge on any atom is 0.512 e. The van der Waals surface area contributed by atoms with Crippen LogP contribution in [0.15, 0.2) is 24.3 Å². The number of para-hydroxylation sites is 1. The number of ether oxygens (including phenoxy) is 1. The van der Waals surface area contributed by atoms with Crippen LogP contribution in [-0.2, 0) is 6.54 Å². The molecule has 1 N–H and O–H groups in total. The second-order valence-electron chi connectivity index (χ2n) is 13.0. The molecular weight excluding hydrogens is 546 g/mol. The Kier molecular flexibility index (Phi) is 21.5. The van der Waals surface area contributed by atoms with Gasteiger partial charge in [0.25, 0.3) is 0 Å². The van der Waals surface area contributed by atoms with Gasteiger partial charge in [-0.2, -0.15) is 0 Å². The number of unbranched alkanes of at least 4 members (excludes halogenated alkanes) is 23. The number of carboxylic acid groups (broad SMARTS) is 1. The number of aromatic nitrogens is 1. The lowest BCUT2D eigenvalue weighted by molar-refractivity contribution is 0.0975. The summed E-state index contributed by atoms with van der Waals surface area (Å²) >= 11 is 0. The van der Waals surface area contributed by atoms with Crippen LogP contribution in [0.4, 0.5) is 4.79 Å². The molecule has 0 saturated carbocycles. The van der Waals surface area contributed by atoms with Crippen LogP contribution in [0.3, 0.4) is 0 Å². The van der Waals surface area contributed by atoms with Gasteiger partial charge in [0.1, 0.15) is 0 Å². The van der Waals surface area contributed by atoms with Gasteiger partial charge in [0, 0.05) is 18.4 Å². The normalized spacial score (nSPS) is 11.4. The molecule has 2 rings (SSSR count). The summed E-state index contributed by atoms with van der Waals surface area (Å²) in [5.74, 6) is 0.203. The van der Waals surface area contributed by atoms with E-state index in [2.05, 4.69) is 13.8 Å². The third kappa shape index (κ3) is 15.6. The van der Waals surface area contributed by atoms with E-state index >= 15 is 0 Å². The zero-order valence-electron chi connectivity index (χ0n) is 28.5. The Morgan fingerprint density at radius 2 is 1.00 bits per heavy atom. The summed E-state index contributed by atoms with van der Waals surface area (Å²) in [4.78, 5) is 25.1. The molecule has 0 aliphatic heterocycles. The average molecular weight is 612 g/mol. The monoisotopic (exact) mass is 611 g/mol. The van der Waals surface area contributed by atoms with E-state index in [0.29, 0.717) is 18.5 Å². The van der Waals surface area contributed by atoms with Crippen LogP contribution in [-0.4, -0.2) is 21.6 Å². The van der Waals surface area contributed by atoms with Gasteiger partial charge in [-0.15, -0.1) is 0 Å². The first kappa shape index (κ1) is 37.9. The fourth-order valence-corrected chi connectivity index (χ4v) is 6.50. The van der Waals surface area contributed by atoms with Gasteiger partial charge in [0.05, 0.1) is 11.1 Å². The Morgan fingerprint density at radius 1 is 0.591 bits per heavy atom. The Balaban J connectivity index is 1.74. The van der Waals surface area contributed by atoms with Crippen molar-refractivity contribution in [2.75, 3.05) is 0 Å². The Morgan fingerprint density at radius 3 is 1.45 bits per heavy atom. The SMILES string of the molecule is CCCCCCCCCCCCCCCCCC(=O)c1c(OC(=O)O)n(CCCCCCCCCCCC)c2ccccc12.